The van der Waals surface area contributed by atoms with Crippen LogP contribution in [0.15, 0.2) is 82.8 Å². The van der Waals surface area contributed by atoms with Crippen molar-refractivity contribution in [3.05, 3.63) is 106 Å². The van der Waals surface area contributed by atoms with Crippen LogP contribution in [0.25, 0.3) is 65.9 Å². The Morgan fingerprint density at radius 2 is 0.796 bits per heavy atom. The Kier molecular flexibility index (Phi) is 7.95. The fourth-order valence-electron chi connectivity index (χ4n) is 6.36. The predicted molar refractivity (Wildman–Crippen MR) is 168 cm³/mol. The first-order chi connectivity index (χ1) is 25.2. The van der Waals surface area contributed by atoms with Crippen LogP contribution in [0.3, 0.4) is 0 Å². The second-order valence-electron chi connectivity index (χ2n) is 11.8. The number of fused-ring (bicyclic) bond motifs is 6. The lowest BCUT2D eigenvalue weighted by Crippen LogP contribution is -2.12. The quantitative estimate of drug-likeness (QED) is 0.130. The van der Waals surface area contributed by atoms with Crippen molar-refractivity contribution in [2.45, 2.75) is 24.7 Å². The zero-order valence-corrected chi connectivity index (χ0v) is 26.1. The van der Waals surface area contributed by atoms with Gasteiger partial charge < -0.3 is 0 Å². The summed E-state index contributed by atoms with van der Waals surface area (Å²) in [6.07, 6.45) is -17.4. The normalized spacial score (nSPS) is 13.7. The summed E-state index contributed by atoms with van der Waals surface area (Å²) in [5.74, 6) is 0. The van der Waals surface area contributed by atoms with E-state index in [1.165, 1.54) is 36.4 Å². The number of benzene rings is 4. The van der Waals surface area contributed by atoms with E-state index in [1.807, 2.05) is 0 Å². The van der Waals surface area contributed by atoms with E-state index in [0.29, 0.717) is 24.3 Å². The van der Waals surface area contributed by atoms with Crippen molar-refractivity contribution < 1.29 is 52.7 Å². The highest BCUT2D eigenvalue weighted by molar-refractivity contribution is 6.15. The number of rotatable bonds is 2. The summed E-state index contributed by atoms with van der Waals surface area (Å²) in [5, 5.41) is 19.1. The van der Waals surface area contributed by atoms with Gasteiger partial charge in [0.15, 0.2) is 0 Å². The Morgan fingerprint density at radius 1 is 0.426 bits per heavy atom. The summed E-state index contributed by atoms with van der Waals surface area (Å²) in [7, 11) is 0. The second kappa shape index (κ2) is 12.0. The van der Waals surface area contributed by atoms with Gasteiger partial charge in [-0.2, -0.15) is 73.2 Å². The summed E-state index contributed by atoms with van der Waals surface area (Å²) in [4.78, 5) is 16.7. The van der Waals surface area contributed by atoms with E-state index in [1.54, 1.807) is 12.4 Å². The van der Waals surface area contributed by atoms with Crippen LogP contribution in [0.2, 0.25) is 0 Å². The van der Waals surface area contributed by atoms with Gasteiger partial charge in [-0.25, -0.2) is 9.97 Å². The van der Waals surface area contributed by atoms with E-state index in [0.717, 1.165) is 0 Å². The van der Waals surface area contributed by atoms with Crippen LogP contribution in [-0.2, 0) is 24.7 Å². The van der Waals surface area contributed by atoms with E-state index >= 15 is 0 Å². The summed E-state index contributed by atoms with van der Waals surface area (Å²) in [6.45, 7) is 0. The number of aromatic nitrogens is 2. The molecule has 0 amide bonds. The number of hydrogen-bond acceptors (Lipinski definition) is 6. The van der Waals surface area contributed by atoms with E-state index < -0.39 is 58.1 Å². The first-order valence-electron chi connectivity index (χ1n) is 15.0. The van der Waals surface area contributed by atoms with Gasteiger partial charge in [-0.3, -0.25) is 0 Å². The highest BCUT2D eigenvalue weighted by atomic mass is 19.4. The number of nitriles is 2. The van der Waals surface area contributed by atoms with Crippen molar-refractivity contribution in [1.82, 2.24) is 9.97 Å². The van der Waals surface area contributed by atoms with Gasteiger partial charge in [-0.05, 0) is 58.7 Å². The maximum absolute atomic E-state index is 14.0. The van der Waals surface area contributed by atoms with Gasteiger partial charge in [-0.1, -0.05) is 36.4 Å². The molecule has 0 unspecified atom stereocenters. The van der Waals surface area contributed by atoms with Gasteiger partial charge >= 0.3 is 24.7 Å². The van der Waals surface area contributed by atoms with E-state index in [9.17, 15) is 63.2 Å². The molecule has 0 saturated heterocycles. The first kappa shape index (κ1) is 35.8. The summed E-state index contributed by atoms with van der Waals surface area (Å²) >= 11 is 0. The molecule has 0 saturated carbocycles. The van der Waals surface area contributed by atoms with Gasteiger partial charge in [-0.15, -0.1) is 0 Å². The molecule has 0 aliphatic carbocycles. The van der Waals surface area contributed by atoms with Crippen molar-refractivity contribution in [2.75, 3.05) is 0 Å². The predicted octanol–water partition coefficient (Wildman–Crippen LogP) is 10.1. The van der Waals surface area contributed by atoms with Crippen molar-refractivity contribution in [1.29, 1.82) is 10.5 Å². The van der Waals surface area contributed by atoms with Crippen molar-refractivity contribution in [2.24, 2.45) is 9.98 Å². The number of halogens is 12. The lowest BCUT2D eigenvalue weighted by atomic mass is 9.95. The maximum atomic E-state index is 14.0. The molecular formula is C36H12F12N6. The van der Waals surface area contributed by atoms with Gasteiger partial charge in [0.1, 0.15) is 21.7 Å². The van der Waals surface area contributed by atoms with Gasteiger partial charge in [0, 0.05) is 21.5 Å². The molecule has 7 rings (SSSR count). The fourth-order valence-corrected chi connectivity index (χ4v) is 6.36. The summed E-state index contributed by atoms with van der Waals surface area (Å²) in [6, 6.07) is 9.55. The minimum atomic E-state index is -5.20. The zero-order chi connectivity index (χ0) is 39.1. The molecule has 0 fully saturated rings. The van der Waals surface area contributed by atoms with Crippen LogP contribution in [0, 0.1) is 22.9 Å². The largest absolute Gasteiger partial charge is 0.417 e. The van der Waals surface area contributed by atoms with Crippen LogP contribution in [-0.4, -0.2) is 9.97 Å². The number of nitrogens with zero attached hydrogens (tertiary/aromatic N) is 6. The van der Waals surface area contributed by atoms with Crippen LogP contribution >= 0.6 is 0 Å². The Balaban J connectivity index is 1.48. The SMILES string of the molecule is N#CN=c1c2cc(-c3ccc(C(F)(F)F)cc3C(F)(F)F)ccc2c2nc3c(=NC#N)c4cc(-c5ccc(C(F)(F)F)cc5C(F)(F)F)ccc4c3nc12. The molecule has 0 radical (unpaired) electrons. The minimum Gasteiger partial charge on any atom is -0.241 e. The van der Waals surface area contributed by atoms with Crippen LogP contribution in [0.5, 0.6) is 0 Å². The molecule has 0 N–H and O–H groups in total. The number of alkyl halides is 12. The van der Waals surface area contributed by atoms with E-state index in [-0.39, 0.29) is 77.6 Å². The van der Waals surface area contributed by atoms with Crippen LogP contribution in [0.1, 0.15) is 22.3 Å². The molecule has 6 aromatic carbocycles. The van der Waals surface area contributed by atoms with Crippen molar-refractivity contribution in [3.8, 4) is 34.6 Å². The molecule has 18 heteroatoms. The molecule has 7 aromatic rings. The average Bonchev–Trinajstić information content (AvgIpc) is 3.56. The Morgan fingerprint density at radius 3 is 1.11 bits per heavy atom. The third kappa shape index (κ3) is 5.89. The lowest BCUT2D eigenvalue weighted by molar-refractivity contribution is -0.144. The maximum Gasteiger partial charge on any atom is 0.417 e. The Hall–Kier alpha value is -6.56. The first-order valence-corrected chi connectivity index (χ1v) is 15.0. The van der Waals surface area contributed by atoms with Crippen molar-refractivity contribution >= 4 is 43.6 Å². The monoisotopic (exact) mass is 756 g/mol. The Bertz CT molecular complexity index is 2710. The lowest BCUT2D eigenvalue weighted by Gasteiger charge is -2.16. The minimum absolute atomic E-state index is 0.00790. The molecule has 6 nitrogen and oxygen atoms in total. The summed E-state index contributed by atoms with van der Waals surface area (Å²) < 4.78 is 164. The van der Waals surface area contributed by atoms with Gasteiger partial charge in [0.2, 0.25) is 12.4 Å². The standard InChI is InChI=1S/C36H12F12N6/c37-33(38,39)17-3-7-19(25(11-17)35(43,44)45)15-1-5-21-23(9-15)27(51-13-49)31-29(21)53-32-28(52-14-50)24-10-16(2-6-22(24)30(32)54-31)20-8-4-18(34(40,41)42)12-26(20)36(46,47)48/h1-12H. The molecule has 54 heavy (non-hydrogen) atoms. The fraction of sp³-hybridized carbons (Fsp3) is 0.111. The van der Waals surface area contributed by atoms with Crippen LogP contribution < -0.4 is 10.7 Å². The van der Waals surface area contributed by atoms with Crippen LogP contribution in [0.4, 0.5) is 52.7 Å². The molecule has 0 bridgehead atoms. The average molecular weight is 757 g/mol. The third-order valence-corrected chi connectivity index (χ3v) is 8.65. The molecule has 0 atom stereocenters. The molecule has 270 valence electrons. The topological polar surface area (TPSA) is 98.1 Å². The van der Waals surface area contributed by atoms with Gasteiger partial charge in [0.25, 0.3) is 0 Å². The summed E-state index contributed by atoms with van der Waals surface area (Å²) in [5.41, 5.74) is -7.91. The molecule has 0 spiro atoms. The number of hydrogen-bond donors (Lipinski definition) is 0. The second-order valence-corrected chi connectivity index (χ2v) is 11.8. The van der Waals surface area contributed by atoms with E-state index in [2.05, 4.69) is 20.0 Å². The highest BCUT2D eigenvalue weighted by Crippen LogP contribution is 2.43. The highest BCUT2D eigenvalue weighted by Gasteiger charge is 2.40. The molecular weight excluding hydrogens is 744 g/mol. The van der Waals surface area contributed by atoms with E-state index in [4.69, 9.17) is 0 Å². The van der Waals surface area contributed by atoms with Crippen molar-refractivity contribution in [3.63, 3.8) is 0 Å². The van der Waals surface area contributed by atoms with Gasteiger partial charge in [0.05, 0.1) is 33.3 Å². The molecule has 0 aliphatic heterocycles. The third-order valence-electron chi connectivity index (χ3n) is 8.65. The Labute approximate surface area is 291 Å². The molecule has 0 aliphatic rings. The molecule has 1 heterocycles. The zero-order valence-electron chi connectivity index (χ0n) is 26.1. The smallest absolute Gasteiger partial charge is 0.241 e. The molecule has 1 aromatic heterocycles.